The van der Waals surface area contributed by atoms with Crippen molar-refractivity contribution in [2.24, 2.45) is 5.92 Å². The number of carbonyl (C=O) groups excluding carboxylic acids is 1. The highest BCUT2D eigenvalue weighted by Crippen LogP contribution is 2.19. The number of methoxy groups -OCH3 is 2. The molecule has 1 aromatic rings. The molecule has 0 saturated carbocycles. The number of esters is 1. The molecule has 4 nitrogen and oxygen atoms in total. The molecule has 5 heteroatoms. The van der Waals surface area contributed by atoms with Crippen LogP contribution in [0.1, 0.15) is 25.8 Å². The lowest BCUT2D eigenvalue weighted by Gasteiger charge is -2.19. The van der Waals surface area contributed by atoms with Crippen molar-refractivity contribution in [3.8, 4) is 5.75 Å². The van der Waals surface area contributed by atoms with Crippen LogP contribution in [0.2, 0.25) is 0 Å². The average Bonchev–Trinajstić information content (AvgIpc) is 2.42. The van der Waals surface area contributed by atoms with Gasteiger partial charge in [0.15, 0.2) is 0 Å². The summed E-state index contributed by atoms with van der Waals surface area (Å²) in [5.74, 6) is 0.295. The summed E-state index contributed by atoms with van der Waals surface area (Å²) in [6, 6.07) is 3.90. The van der Waals surface area contributed by atoms with Crippen LogP contribution in [-0.2, 0) is 16.1 Å². The fourth-order valence-corrected chi connectivity index (χ4v) is 2.00. The van der Waals surface area contributed by atoms with Gasteiger partial charge >= 0.3 is 5.97 Å². The van der Waals surface area contributed by atoms with E-state index in [1.807, 2.05) is 13.8 Å². The van der Waals surface area contributed by atoms with Gasteiger partial charge in [0.2, 0.25) is 0 Å². The number of rotatable bonds is 7. The summed E-state index contributed by atoms with van der Waals surface area (Å²) in [4.78, 5) is 11.7. The zero-order valence-electron chi connectivity index (χ0n) is 12.4. The molecule has 0 radical (unpaired) electrons. The lowest BCUT2D eigenvalue weighted by Crippen LogP contribution is -2.38. The van der Waals surface area contributed by atoms with Gasteiger partial charge in [-0.1, -0.05) is 13.8 Å². The molecule has 0 aliphatic heterocycles. The van der Waals surface area contributed by atoms with Crippen LogP contribution in [-0.4, -0.2) is 26.2 Å². The third-order valence-corrected chi connectivity index (χ3v) is 2.97. The van der Waals surface area contributed by atoms with Gasteiger partial charge in [0.1, 0.15) is 17.6 Å². The molecular formula is C15H22FNO3. The Labute approximate surface area is 119 Å². The summed E-state index contributed by atoms with van der Waals surface area (Å²) in [6.07, 6.45) is 0.657. The Balaban J connectivity index is 2.76. The van der Waals surface area contributed by atoms with Crippen LogP contribution in [0.25, 0.3) is 0 Å². The van der Waals surface area contributed by atoms with Crippen molar-refractivity contribution >= 4 is 5.97 Å². The summed E-state index contributed by atoms with van der Waals surface area (Å²) < 4.78 is 23.2. The molecule has 1 atom stereocenters. The van der Waals surface area contributed by atoms with Crippen LogP contribution in [0, 0.1) is 11.7 Å². The van der Waals surface area contributed by atoms with Gasteiger partial charge in [0.05, 0.1) is 14.2 Å². The summed E-state index contributed by atoms with van der Waals surface area (Å²) in [7, 11) is 2.89. The Bertz CT molecular complexity index is 449. The lowest BCUT2D eigenvalue weighted by atomic mass is 10.0. The Kier molecular flexibility index (Phi) is 6.45. The first-order valence-corrected chi connectivity index (χ1v) is 6.61. The molecule has 20 heavy (non-hydrogen) atoms. The van der Waals surface area contributed by atoms with Gasteiger partial charge in [0, 0.05) is 12.1 Å². The van der Waals surface area contributed by atoms with Crippen molar-refractivity contribution in [2.45, 2.75) is 32.9 Å². The van der Waals surface area contributed by atoms with Crippen molar-refractivity contribution in [3.63, 3.8) is 0 Å². The molecule has 1 N–H and O–H groups in total. The van der Waals surface area contributed by atoms with Crippen molar-refractivity contribution in [1.29, 1.82) is 0 Å². The van der Waals surface area contributed by atoms with Gasteiger partial charge in [-0.15, -0.1) is 0 Å². The monoisotopic (exact) mass is 283 g/mol. The van der Waals surface area contributed by atoms with Crippen LogP contribution >= 0.6 is 0 Å². The molecule has 0 bridgehead atoms. The number of carbonyl (C=O) groups is 1. The third-order valence-electron chi connectivity index (χ3n) is 2.97. The Morgan fingerprint density at radius 2 is 2.05 bits per heavy atom. The highest BCUT2D eigenvalue weighted by Gasteiger charge is 2.20. The van der Waals surface area contributed by atoms with Gasteiger partial charge in [-0.05, 0) is 30.5 Å². The normalized spacial score (nSPS) is 12.3. The predicted molar refractivity (Wildman–Crippen MR) is 75.1 cm³/mol. The van der Waals surface area contributed by atoms with Crippen LogP contribution in [0.3, 0.4) is 0 Å². The summed E-state index contributed by atoms with van der Waals surface area (Å²) in [5.41, 5.74) is 0.671. The minimum absolute atomic E-state index is 0.311. The van der Waals surface area contributed by atoms with E-state index >= 15 is 0 Å². The van der Waals surface area contributed by atoms with E-state index in [1.165, 1.54) is 26.4 Å². The van der Waals surface area contributed by atoms with E-state index in [0.717, 1.165) is 0 Å². The smallest absolute Gasteiger partial charge is 0.322 e. The molecule has 1 rings (SSSR count). The predicted octanol–water partition coefficient (Wildman–Crippen LogP) is 2.51. The van der Waals surface area contributed by atoms with Crippen molar-refractivity contribution in [1.82, 2.24) is 5.32 Å². The summed E-state index contributed by atoms with van der Waals surface area (Å²) in [6.45, 7) is 4.40. The molecular weight excluding hydrogens is 261 g/mol. The van der Waals surface area contributed by atoms with E-state index in [1.54, 1.807) is 6.07 Å². The minimum Gasteiger partial charge on any atom is -0.496 e. The minimum atomic E-state index is -0.409. The summed E-state index contributed by atoms with van der Waals surface area (Å²) in [5, 5.41) is 3.10. The standard InChI is InChI=1S/C15H22FNO3/c1-10(2)7-13(15(18)20-4)17-9-11-8-12(16)5-6-14(11)19-3/h5-6,8,10,13,17H,7,9H2,1-4H3. The first kappa shape index (κ1) is 16.4. The molecule has 0 heterocycles. The number of hydrogen-bond donors (Lipinski definition) is 1. The molecule has 1 unspecified atom stereocenters. The van der Waals surface area contributed by atoms with E-state index in [0.29, 0.717) is 30.2 Å². The fourth-order valence-electron chi connectivity index (χ4n) is 2.00. The van der Waals surface area contributed by atoms with Crippen LogP contribution < -0.4 is 10.1 Å². The first-order chi connectivity index (χ1) is 9.47. The molecule has 0 aliphatic rings. The van der Waals surface area contributed by atoms with Crippen LogP contribution in [0.5, 0.6) is 5.75 Å². The molecule has 0 aromatic heterocycles. The van der Waals surface area contributed by atoms with Crippen molar-refractivity contribution in [2.75, 3.05) is 14.2 Å². The highest BCUT2D eigenvalue weighted by molar-refractivity contribution is 5.75. The number of benzene rings is 1. The number of hydrogen-bond acceptors (Lipinski definition) is 4. The van der Waals surface area contributed by atoms with Gasteiger partial charge in [0.25, 0.3) is 0 Å². The van der Waals surface area contributed by atoms with Gasteiger partial charge in [-0.3, -0.25) is 4.79 Å². The zero-order valence-corrected chi connectivity index (χ0v) is 12.4. The maximum absolute atomic E-state index is 13.3. The largest absolute Gasteiger partial charge is 0.496 e. The SMILES string of the molecule is COC(=O)C(CC(C)C)NCc1cc(F)ccc1OC. The molecule has 112 valence electrons. The van der Waals surface area contributed by atoms with Gasteiger partial charge in [-0.25, -0.2) is 4.39 Å². The van der Waals surface area contributed by atoms with E-state index in [9.17, 15) is 9.18 Å². The highest BCUT2D eigenvalue weighted by atomic mass is 19.1. The van der Waals surface area contributed by atoms with Crippen molar-refractivity contribution in [3.05, 3.63) is 29.6 Å². The molecule has 0 fully saturated rings. The van der Waals surface area contributed by atoms with Crippen LogP contribution in [0.4, 0.5) is 4.39 Å². The van der Waals surface area contributed by atoms with E-state index in [-0.39, 0.29) is 11.8 Å². The fraction of sp³-hybridized carbons (Fsp3) is 0.533. The second-order valence-electron chi connectivity index (χ2n) is 5.04. The molecule has 0 spiro atoms. The first-order valence-electron chi connectivity index (χ1n) is 6.61. The Morgan fingerprint density at radius 3 is 2.60 bits per heavy atom. The number of ether oxygens (including phenoxy) is 2. The Hall–Kier alpha value is -1.62. The average molecular weight is 283 g/mol. The zero-order chi connectivity index (χ0) is 15.1. The molecule has 0 amide bonds. The van der Waals surface area contributed by atoms with Gasteiger partial charge in [-0.2, -0.15) is 0 Å². The number of halogens is 1. The molecule has 1 aromatic carbocycles. The van der Waals surface area contributed by atoms with Crippen molar-refractivity contribution < 1.29 is 18.7 Å². The molecule has 0 aliphatic carbocycles. The third kappa shape index (κ3) is 4.81. The topological polar surface area (TPSA) is 47.6 Å². The maximum atomic E-state index is 13.3. The lowest BCUT2D eigenvalue weighted by molar-refractivity contribution is -0.143. The summed E-state index contributed by atoms with van der Waals surface area (Å²) >= 11 is 0. The van der Waals surface area contributed by atoms with Gasteiger partial charge < -0.3 is 14.8 Å². The Morgan fingerprint density at radius 1 is 1.35 bits per heavy atom. The second-order valence-corrected chi connectivity index (χ2v) is 5.04. The van der Waals surface area contributed by atoms with Crippen LogP contribution in [0.15, 0.2) is 18.2 Å². The number of nitrogens with one attached hydrogen (secondary N) is 1. The maximum Gasteiger partial charge on any atom is 0.322 e. The quantitative estimate of drug-likeness (QED) is 0.781. The van der Waals surface area contributed by atoms with E-state index in [4.69, 9.17) is 9.47 Å². The van der Waals surface area contributed by atoms with E-state index < -0.39 is 6.04 Å². The molecule has 0 saturated heterocycles. The second kappa shape index (κ2) is 7.85. The van der Waals surface area contributed by atoms with E-state index in [2.05, 4.69) is 5.32 Å².